The average molecular weight is 268 g/mol. The summed E-state index contributed by atoms with van der Waals surface area (Å²) in [7, 11) is 0. The molecule has 0 spiro atoms. The standard InChI is InChI=1S/C14H24N2O3/c1-9(2)12-11(10(3)16-19-12)13(18)15-8-14(4,5)6-7-17/h9,17H,6-8H2,1-5H3,(H,15,18). The third-order valence-corrected chi connectivity index (χ3v) is 3.16. The van der Waals surface area contributed by atoms with Gasteiger partial charge in [0.2, 0.25) is 0 Å². The van der Waals surface area contributed by atoms with Crippen molar-refractivity contribution in [3.63, 3.8) is 0 Å². The van der Waals surface area contributed by atoms with Crippen molar-refractivity contribution >= 4 is 5.91 Å². The second-order valence-electron chi connectivity index (χ2n) is 5.98. The van der Waals surface area contributed by atoms with Crippen molar-refractivity contribution in [2.75, 3.05) is 13.2 Å². The number of aliphatic hydroxyl groups is 1. The van der Waals surface area contributed by atoms with Gasteiger partial charge in [-0.2, -0.15) is 0 Å². The predicted molar refractivity (Wildman–Crippen MR) is 73.1 cm³/mol. The summed E-state index contributed by atoms with van der Waals surface area (Å²) in [5, 5.41) is 15.7. The lowest BCUT2D eigenvalue weighted by Gasteiger charge is -2.23. The first-order chi connectivity index (χ1) is 8.78. The van der Waals surface area contributed by atoms with Gasteiger partial charge in [0.15, 0.2) is 5.76 Å². The molecule has 0 radical (unpaired) electrons. The molecule has 0 bridgehead atoms. The number of nitrogens with one attached hydrogen (secondary N) is 1. The van der Waals surface area contributed by atoms with E-state index in [1.54, 1.807) is 6.92 Å². The van der Waals surface area contributed by atoms with Crippen LogP contribution in [0.25, 0.3) is 0 Å². The van der Waals surface area contributed by atoms with Gasteiger partial charge in [0, 0.05) is 19.1 Å². The van der Waals surface area contributed by atoms with E-state index >= 15 is 0 Å². The molecule has 1 rings (SSSR count). The van der Waals surface area contributed by atoms with E-state index in [1.807, 2.05) is 27.7 Å². The van der Waals surface area contributed by atoms with Crippen LogP contribution in [0.4, 0.5) is 0 Å². The third kappa shape index (κ3) is 4.06. The smallest absolute Gasteiger partial charge is 0.256 e. The summed E-state index contributed by atoms with van der Waals surface area (Å²) in [6, 6.07) is 0. The molecule has 0 atom stereocenters. The molecule has 19 heavy (non-hydrogen) atoms. The molecule has 5 nitrogen and oxygen atoms in total. The molecule has 2 N–H and O–H groups in total. The van der Waals surface area contributed by atoms with Gasteiger partial charge in [-0.25, -0.2) is 0 Å². The van der Waals surface area contributed by atoms with Gasteiger partial charge in [-0.1, -0.05) is 32.9 Å². The van der Waals surface area contributed by atoms with E-state index < -0.39 is 0 Å². The maximum absolute atomic E-state index is 12.2. The zero-order chi connectivity index (χ0) is 14.6. The maximum Gasteiger partial charge on any atom is 0.256 e. The van der Waals surface area contributed by atoms with E-state index in [2.05, 4.69) is 10.5 Å². The van der Waals surface area contributed by atoms with E-state index in [-0.39, 0.29) is 23.8 Å². The van der Waals surface area contributed by atoms with E-state index in [1.165, 1.54) is 0 Å². The van der Waals surface area contributed by atoms with Crippen molar-refractivity contribution < 1.29 is 14.4 Å². The fourth-order valence-corrected chi connectivity index (χ4v) is 1.86. The lowest BCUT2D eigenvalue weighted by molar-refractivity contribution is 0.0925. The number of carbonyl (C=O) groups excluding carboxylic acids is 1. The van der Waals surface area contributed by atoms with Gasteiger partial charge in [-0.15, -0.1) is 0 Å². The Morgan fingerprint density at radius 2 is 2.11 bits per heavy atom. The van der Waals surface area contributed by atoms with Crippen LogP contribution in [0.1, 0.15) is 61.8 Å². The Balaban J connectivity index is 2.76. The lowest BCUT2D eigenvalue weighted by Crippen LogP contribution is -2.35. The summed E-state index contributed by atoms with van der Waals surface area (Å²) < 4.78 is 5.21. The minimum Gasteiger partial charge on any atom is -0.396 e. The third-order valence-electron chi connectivity index (χ3n) is 3.16. The van der Waals surface area contributed by atoms with Crippen LogP contribution in [0.3, 0.4) is 0 Å². The first kappa shape index (κ1) is 15.7. The van der Waals surface area contributed by atoms with Crippen LogP contribution in [0.5, 0.6) is 0 Å². The minimum atomic E-state index is -0.159. The molecule has 1 aromatic rings. The number of amides is 1. The quantitative estimate of drug-likeness (QED) is 0.829. The van der Waals surface area contributed by atoms with Crippen LogP contribution in [-0.2, 0) is 0 Å². The number of carbonyl (C=O) groups is 1. The Labute approximate surface area is 114 Å². The molecule has 0 saturated carbocycles. The molecular weight excluding hydrogens is 244 g/mol. The van der Waals surface area contributed by atoms with Gasteiger partial charge >= 0.3 is 0 Å². The second kappa shape index (κ2) is 6.19. The van der Waals surface area contributed by atoms with Crippen LogP contribution in [0.2, 0.25) is 0 Å². The molecule has 0 unspecified atom stereocenters. The lowest BCUT2D eigenvalue weighted by atomic mass is 9.89. The average Bonchev–Trinajstić information content (AvgIpc) is 2.68. The summed E-state index contributed by atoms with van der Waals surface area (Å²) in [6.07, 6.45) is 0.646. The number of nitrogens with zero attached hydrogens (tertiary/aromatic N) is 1. The monoisotopic (exact) mass is 268 g/mol. The zero-order valence-corrected chi connectivity index (χ0v) is 12.4. The zero-order valence-electron chi connectivity index (χ0n) is 12.4. The SMILES string of the molecule is Cc1noc(C(C)C)c1C(=O)NCC(C)(C)CCO. The van der Waals surface area contributed by atoms with Crippen molar-refractivity contribution in [1.82, 2.24) is 10.5 Å². The highest BCUT2D eigenvalue weighted by Gasteiger charge is 2.24. The van der Waals surface area contributed by atoms with E-state index in [4.69, 9.17) is 9.63 Å². The van der Waals surface area contributed by atoms with Crippen molar-refractivity contribution in [3.8, 4) is 0 Å². The minimum absolute atomic E-state index is 0.117. The van der Waals surface area contributed by atoms with Crippen molar-refractivity contribution in [2.24, 2.45) is 5.41 Å². The Morgan fingerprint density at radius 1 is 1.47 bits per heavy atom. The molecule has 0 fully saturated rings. The van der Waals surface area contributed by atoms with Crippen LogP contribution in [0.15, 0.2) is 4.52 Å². The van der Waals surface area contributed by atoms with E-state index in [0.29, 0.717) is 30.0 Å². The molecule has 0 saturated heterocycles. The Kier molecular flexibility index (Phi) is 5.11. The van der Waals surface area contributed by atoms with Crippen LogP contribution >= 0.6 is 0 Å². The van der Waals surface area contributed by atoms with Crippen molar-refractivity contribution in [3.05, 3.63) is 17.0 Å². The number of rotatable bonds is 6. The summed E-state index contributed by atoms with van der Waals surface area (Å²) in [5.74, 6) is 0.579. The Hall–Kier alpha value is -1.36. The van der Waals surface area contributed by atoms with Gasteiger partial charge in [-0.05, 0) is 18.8 Å². The number of hydrogen-bond donors (Lipinski definition) is 2. The highest BCUT2D eigenvalue weighted by Crippen LogP contribution is 2.23. The summed E-state index contributed by atoms with van der Waals surface area (Å²) in [5.41, 5.74) is 1.02. The first-order valence-electron chi connectivity index (χ1n) is 6.63. The van der Waals surface area contributed by atoms with Crippen molar-refractivity contribution in [2.45, 2.75) is 47.0 Å². The van der Waals surface area contributed by atoms with Gasteiger partial charge in [0.1, 0.15) is 5.56 Å². The number of aliphatic hydroxyl groups excluding tert-OH is 1. The van der Waals surface area contributed by atoms with Gasteiger partial charge in [-0.3, -0.25) is 4.79 Å². The summed E-state index contributed by atoms with van der Waals surface area (Å²) in [4.78, 5) is 12.2. The van der Waals surface area contributed by atoms with Crippen molar-refractivity contribution in [1.29, 1.82) is 0 Å². The molecular formula is C14H24N2O3. The molecule has 0 aliphatic rings. The molecule has 1 amide bonds. The molecule has 1 heterocycles. The predicted octanol–water partition coefficient (Wildman–Crippen LogP) is 2.24. The first-order valence-corrected chi connectivity index (χ1v) is 6.63. The van der Waals surface area contributed by atoms with Gasteiger partial charge < -0.3 is 14.9 Å². The van der Waals surface area contributed by atoms with Gasteiger partial charge in [0.05, 0.1) is 5.69 Å². The highest BCUT2D eigenvalue weighted by atomic mass is 16.5. The van der Waals surface area contributed by atoms with Crippen LogP contribution < -0.4 is 5.32 Å². The second-order valence-corrected chi connectivity index (χ2v) is 5.98. The molecule has 5 heteroatoms. The molecule has 108 valence electrons. The summed E-state index contributed by atoms with van der Waals surface area (Å²) in [6.45, 7) is 10.3. The number of hydrogen-bond acceptors (Lipinski definition) is 4. The topological polar surface area (TPSA) is 75.4 Å². The number of aromatic nitrogens is 1. The van der Waals surface area contributed by atoms with Crippen LogP contribution in [-0.4, -0.2) is 29.3 Å². The Morgan fingerprint density at radius 3 is 2.63 bits per heavy atom. The normalized spacial score (nSPS) is 11.9. The fourth-order valence-electron chi connectivity index (χ4n) is 1.86. The van der Waals surface area contributed by atoms with Crippen LogP contribution in [0, 0.1) is 12.3 Å². The van der Waals surface area contributed by atoms with Gasteiger partial charge in [0.25, 0.3) is 5.91 Å². The largest absolute Gasteiger partial charge is 0.396 e. The molecule has 0 aliphatic heterocycles. The maximum atomic E-state index is 12.2. The summed E-state index contributed by atoms with van der Waals surface area (Å²) >= 11 is 0. The number of aryl methyl sites for hydroxylation is 1. The Bertz CT molecular complexity index is 436. The molecule has 1 aromatic heterocycles. The van der Waals surface area contributed by atoms with E-state index in [0.717, 1.165) is 0 Å². The van der Waals surface area contributed by atoms with E-state index in [9.17, 15) is 4.79 Å². The highest BCUT2D eigenvalue weighted by molar-refractivity contribution is 5.96. The fraction of sp³-hybridized carbons (Fsp3) is 0.714. The molecule has 0 aliphatic carbocycles. The molecule has 0 aromatic carbocycles.